The smallest absolute Gasteiger partial charge is 0.257 e. The maximum atomic E-state index is 12.4. The van der Waals surface area contributed by atoms with E-state index in [2.05, 4.69) is 22.5 Å². The molecule has 1 aromatic carbocycles. The molecule has 29 heavy (non-hydrogen) atoms. The van der Waals surface area contributed by atoms with Crippen molar-refractivity contribution in [2.24, 2.45) is 5.92 Å². The maximum absolute atomic E-state index is 12.4. The zero-order valence-corrected chi connectivity index (χ0v) is 16.6. The van der Waals surface area contributed by atoms with Crippen LogP contribution in [-0.2, 0) is 4.79 Å². The zero-order valence-electron chi connectivity index (χ0n) is 16.6. The Balaban J connectivity index is 1.50. The summed E-state index contributed by atoms with van der Waals surface area (Å²) in [6, 6.07) is 10.0. The number of anilines is 1. The lowest BCUT2D eigenvalue weighted by Gasteiger charge is -2.31. The van der Waals surface area contributed by atoms with Crippen LogP contribution in [0.4, 0.5) is 5.69 Å². The van der Waals surface area contributed by atoms with Gasteiger partial charge in [-0.25, -0.2) is 0 Å². The van der Waals surface area contributed by atoms with Gasteiger partial charge in [0.25, 0.3) is 11.8 Å². The number of pyridine rings is 1. The molecule has 2 heterocycles. The average molecular weight is 394 g/mol. The SMILES string of the molecule is CC1CCCN(C(=O)CCNC(=O)c2cccc(NC(=O)c3cccnc3)c2)C1. The number of nitrogens with zero attached hydrogens (tertiary/aromatic N) is 2. The van der Waals surface area contributed by atoms with E-state index in [1.54, 1.807) is 42.6 Å². The topological polar surface area (TPSA) is 91.4 Å². The lowest BCUT2D eigenvalue weighted by Crippen LogP contribution is -2.40. The summed E-state index contributed by atoms with van der Waals surface area (Å²) in [6.45, 7) is 4.04. The van der Waals surface area contributed by atoms with Crippen molar-refractivity contribution in [2.75, 3.05) is 25.0 Å². The monoisotopic (exact) mass is 394 g/mol. The van der Waals surface area contributed by atoms with Gasteiger partial charge in [0.15, 0.2) is 0 Å². The van der Waals surface area contributed by atoms with Crippen LogP contribution >= 0.6 is 0 Å². The minimum atomic E-state index is -0.294. The molecular formula is C22H26N4O3. The van der Waals surface area contributed by atoms with Crippen LogP contribution in [0.1, 0.15) is 46.9 Å². The van der Waals surface area contributed by atoms with Gasteiger partial charge in [0, 0.05) is 49.7 Å². The minimum Gasteiger partial charge on any atom is -0.352 e. The average Bonchev–Trinajstić information content (AvgIpc) is 2.74. The van der Waals surface area contributed by atoms with Crippen LogP contribution in [0.2, 0.25) is 0 Å². The van der Waals surface area contributed by atoms with E-state index < -0.39 is 0 Å². The van der Waals surface area contributed by atoms with E-state index in [9.17, 15) is 14.4 Å². The third kappa shape index (κ3) is 5.88. The fourth-order valence-corrected chi connectivity index (χ4v) is 3.40. The van der Waals surface area contributed by atoms with Crippen LogP contribution in [0.5, 0.6) is 0 Å². The summed E-state index contributed by atoms with van der Waals surface area (Å²) >= 11 is 0. The molecule has 7 nitrogen and oxygen atoms in total. The second-order valence-electron chi connectivity index (χ2n) is 7.37. The summed E-state index contributed by atoms with van der Waals surface area (Å²) in [5.74, 6) is 0.0422. The Morgan fingerprint density at radius 3 is 2.72 bits per heavy atom. The number of carbonyl (C=O) groups is 3. The Labute approximate surface area is 170 Å². The molecule has 0 spiro atoms. The van der Waals surface area contributed by atoms with Crippen LogP contribution in [0.3, 0.4) is 0 Å². The van der Waals surface area contributed by atoms with Crippen molar-refractivity contribution in [3.05, 3.63) is 59.9 Å². The van der Waals surface area contributed by atoms with E-state index >= 15 is 0 Å². The number of rotatable bonds is 6. The second-order valence-corrected chi connectivity index (χ2v) is 7.37. The maximum Gasteiger partial charge on any atom is 0.257 e. The summed E-state index contributed by atoms with van der Waals surface area (Å²) in [5, 5.41) is 5.54. The van der Waals surface area contributed by atoms with Gasteiger partial charge in [0.05, 0.1) is 5.56 Å². The van der Waals surface area contributed by atoms with Gasteiger partial charge in [-0.1, -0.05) is 13.0 Å². The van der Waals surface area contributed by atoms with Crippen molar-refractivity contribution in [1.29, 1.82) is 0 Å². The van der Waals surface area contributed by atoms with Crippen molar-refractivity contribution in [3.63, 3.8) is 0 Å². The van der Waals surface area contributed by atoms with Crippen LogP contribution < -0.4 is 10.6 Å². The zero-order chi connectivity index (χ0) is 20.6. The van der Waals surface area contributed by atoms with Gasteiger partial charge in [0.2, 0.25) is 5.91 Å². The molecule has 1 atom stereocenters. The summed E-state index contributed by atoms with van der Waals surface area (Å²) in [7, 11) is 0. The third-order valence-electron chi connectivity index (χ3n) is 4.94. The number of likely N-dealkylation sites (tertiary alicyclic amines) is 1. The van der Waals surface area contributed by atoms with Gasteiger partial charge >= 0.3 is 0 Å². The minimum absolute atomic E-state index is 0.0781. The number of nitrogens with one attached hydrogen (secondary N) is 2. The molecule has 1 aliphatic rings. The lowest BCUT2D eigenvalue weighted by molar-refractivity contribution is -0.132. The molecule has 3 amide bonds. The molecule has 1 unspecified atom stereocenters. The number of hydrogen-bond donors (Lipinski definition) is 2. The first-order chi connectivity index (χ1) is 14.0. The highest BCUT2D eigenvalue weighted by molar-refractivity contribution is 6.04. The highest BCUT2D eigenvalue weighted by Gasteiger charge is 2.20. The van der Waals surface area contributed by atoms with Crippen molar-refractivity contribution in [3.8, 4) is 0 Å². The predicted octanol–water partition coefficient (Wildman–Crippen LogP) is 2.71. The molecule has 0 bridgehead atoms. The van der Waals surface area contributed by atoms with Crippen molar-refractivity contribution in [1.82, 2.24) is 15.2 Å². The van der Waals surface area contributed by atoms with E-state index in [0.717, 1.165) is 25.9 Å². The highest BCUT2D eigenvalue weighted by Crippen LogP contribution is 2.16. The van der Waals surface area contributed by atoms with Crippen LogP contribution in [0, 0.1) is 5.92 Å². The number of hydrogen-bond acceptors (Lipinski definition) is 4. The van der Waals surface area contributed by atoms with E-state index in [1.165, 1.54) is 6.20 Å². The molecule has 2 N–H and O–H groups in total. The van der Waals surface area contributed by atoms with Crippen LogP contribution in [0.25, 0.3) is 0 Å². The summed E-state index contributed by atoms with van der Waals surface area (Å²) in [5.41, 5.74) is 1.38. The molecule has 0 radical (unpaired) electrons. The Morgan fingerprint density at radius 2 is 1.97 bits per heavy atom. The van der Waals surface area contributed by atoms with Gasteiger partial charge in [0.1, 0.15) is 0 Å². The molecule has 1 aromatic heterocycles. The first-order valence-corrected chi connectivity index (χ1v) is 9.90. The van der Waals surface area contributed by atoms with Gasteiger partial charge < -0.3 is 15.5 Å². The molecule has 3 rings (SSSR count). The molecule has 2 aromatic rings. The van der Waals surface area contributed by atoms with E-state index in [4.69, 9.17) is 0 Å². The fourth-order valence-electron chi connectivity index (χ4n) is 3.40. The first-order valence-electron chi connectivity index (χ1n) is 9.90. The van der Waals surface area contributed by atoms with Gasteiger partial charge in [-0.05, 0) is 49.1 Å². The largest absolute Gasteiger partial charge is 0.352 e. The molecule has 1 aliphatic heterocycles. The summed E-state index contributed by atoms with van der Waals surface area (Å²) in [4.78, 5) is 42.7. The Bertz CT molecular complexity index is 869. The van der Waals surface area contributed by atoms with Gasteiger partial charge in [-0.2, -0.15) is 0 Å². The summed E-state index contributed by atoms with van der Waals surface area (Å²) < 4.78 is 0. The van der Waals surface area contributed by atoms with Crippen molar-refractivity contribution >= 4 is 23.4 Å². The molecule has 1 fully saturated rings. The lowest BCUT2D eigenvalue weighted by atomic mass is 10.00. The molecule has 1 saturated heterocycles. The van der Waals surface area contributed by atoms with Gasteiger partial charge in [-0.3, -0.25) is 19.4 Å². The fraction of sp³-hybridized carbons (Fsp3) is 0.364. The second kappa shape index (κ2) is 9.82. The highest BCUT2D eigenvalue weighted by atomic mass is 16.2. The predicted molar refractivity (Wildman–Crippen MR) is 111 cm³/mol. The van der Waals surface area contributed by atoms with Crippen molar-refractivity contribution in [2.45, 2.75) is 26.2 Å². The Morgan fingerprint density at radius 1 is 1.14 bits per heavy atom. The number of aromatic nitrogens is 1. The third-order valence-corrected chi connectivity index (χ3v) is 4.94. The number of carbonyl (C=O) groups excluding carboxylic acids is 3. The summed E-state index contributed by atoms with van der Waals surface area (Å²) in [6.07, 6.45) is 5.56. The number of amides is 3. The van der Waals surface area contributed by atoms with Crippen LogP contribution in [0.15, 0.2) is 48.8 Å². The van der Waals surface area contributed by atoms with E-state index in [1.807, 2.05) is 4.90 Å². The molecule has 0 saturated carbocycles. The van der Waals surface area contributed by atoms with Crippen LogP contribution in [-0.4, -0.2) is 47.2 Å². The quantitative estimate of drug-likeness (QED) is 0.788. The Hall–Kier alpha value is -3.22. The van der Waals surface area contributed by atoms with Crippen molar-refractivity contribution < 1.29 is 14.4 Å². The number of benzene rings is 1. The normalized spacial score (nSPS) is 16.2. The first kappa shape index (κ1) is 20.5. The van der Waals surface area contributed by atoms with E-state index in [0.29, 0.717) is 22.7 Å². The molecule has 0 aliphatic carbocycles. The standard InChI is InChI=1S/C22H26N4O3/c1-16-5-4-12-26(15-16)20(27)9-11-24-21(28)17-6-2-8-19(13-17)25-22(29)18-7-3-10-23-14-18/h2-3,6-8,10,13-14,16H,4-5,9,11-12,15H2,1H3,(H,24,28)(H,25,29). The molecule has 152 valence electrons. The Kier molecular flexibility index (Phi) is 6.94. The van der Waals surface area contributed by atoms with Gasteiger partial charge in [-0.15, -0.1) is 0 Å². The van der Waals surface area contributed by atoms with E-state index in [-0.39, 0.29) is 30.7 Å². The number of piperidine rings is 1. The molecular weight excluding hydrogens is 368 g/mol. The molecule has 7 heteroatoms.